The van der Waals surface area contributed by atoms with Crippen molar-refractivity contribution in [3.63, 3.8) is 0 Å². The number of methoxy groups -OCH3 is 1. The summed E-state index contributed by atoms with van der Waals surface area (Å²) in [5.41, 5.74) is 1.02. The molecule has 0 aliphatic heterocycles. The number of nitrogens with one attached hydrogen (secondary N) is 1. The molecule has 1 rings (SSSR count). The molecule has 0 unspecified atom stereocenters. The summed E-state index contributed by atoms with van der Waals surface area (Å²) in [5.74, 6) is 0.674. The minimum atomic E-state index is 0.674. The molecule has 1 N–H and O–H groups in total. The molecule has 0 saturated carbocycles. The third-order valence-corrected chi connectivity index (χ3v) is 2.80. The van der Waals surface area contributed by atoms with Crippen LogP contribution in [0, 0.1) is 0 Å². The molecular weight excluding hydrogens is 214 g/mol. The van der Waals surface area contributed by atoms with E-state index >= 15 is 0 Å². The fraction of sp³-hybridized carbons (Fsp3) is 0.615. The van der Waals surface area contributed by atoms with Crippen molar-refractivity contribution in [3.8, 4) is 5.88 Å². The molecule has 96 valence electrons. The first-order chi connectivity index (χ1) is 8.30. The second-order valence-corrected chi connectivity index (χ2v) is 3.87. The second-order valence-electron chi connectivity index (χ2n) is 3.87. The van der Waals surface area contributed by atoms with E-state index in [0.29, 0.717) is 5.88 Å². The van der Waals surface area contributed by atoms with E-state index in [1.54, 1.807) is 7.11 Å². The van der Waals surface area contributed by atoms with E-state index in [4.69, 9.17) is 4.74 Å². The Morgan fingerprint density at radius 1 is 1.29 bits per heavy atom. The van der Waals surface area contributed by atoms with Gasteiger partial charge in [-0.2, -0.15) is 0 Å². The van der Waals surface area contributed by atoms with Gasteiger partial charge in [0.25, 0.3) is 0 Å². The fourth-order valence-electron chi connectivity index (χ4n) is 1.66. The average molecular weight is 237 g/mol. The van der Waals surface area contributed by atoms with E-state index in [0.717, 1.165) is 38.4 Å². The zero-order chi connectivity index (χ0) is 12.5. The molecule has 4 heteroatoms. The van der Waals surface area contributed by atoms with Crippen molar-refractivity contribution in [1.82, 2.24) is 15.2 Å². The van der Waals surface area contributed by atoms with Gasteiger partial charge >= 0.3 is 0 Å². The molecule has 0 aliphatic rings. The number of aromatic nitrogens is 1. The third-order valence-electron chi connectivity index (χ3n) is 2.80. The maximum Gasteiger partial charge on any atom is 0.213 e. The summed E-state index contributed by atoms with van der Waals surface area (Å²) < 4.78 is 5.09. The van der Waals surface area contributed by atoms with Crippen molar-refractivity contribution < 1.29 is 4.74 Å². The normalized spacial score (nSPS) is 10.8. The summed E-state index contributed by atoms with van der Waals surface area (Å²) >= 11 is 0. The molecular formula is C13H23N3O. The van der Waals surface area contributed by atoms with Crippen LogP contribution in [0.5, 0.6) is 5.88 Å². The van der Waals surface area contributed by atoms with Crippen LogP contribution in [0.1, 0.15) is 19.5 Å². The van der Waals surface area contributed by atoms with Crippen LogP contribution in [0.2, 0.25) is 0 Å². The summed E-state index contributed by atoms with van der Waals surface area (Å²) in [5, 5.41) is 3.39. The van der Waals surface area contributed by atoms with E-state index < -0.39 is 0 Å². The number of nitrogens with zero attached hydrogens (tertiary/aromatic N) is 2. The Morgan fingerprint density at radius 3 is 2.71 bits per heavy atom. The lowest BCUT2D eigenvalue weighted by Crippen LogP contribution is -2.31. The summed E-state index contributed by atoms with van der Waals surface area (Å²) in [7, 11) is 1.64. The Balaban J connectivity index is 2.26. The van der Waals surface area contributed by atoms with Gasteiger partial charge in [0.05, 0.1) is 12.8 Å². The Kier molecular flexibility index (Phi) is 6.58. The number of rotatable bonds is 8. The zero-order valence-electron chi connectivity index (χ0n) is 11.1. The number of ether oxygens (including phenoxy) is 1. The van der Waals surface area contributed by atoms with Crippen LogP contribution in [0.15, 0.2) is 18.2 Å². The van der Waals surface area contributed by atoms with Gasteiger partial charge in [-0.05, 0) is 19.2 Å². The van der Waals surface area contributed by atoms with Crippen molar-refractivity contribution in [2.75, 3.05) is 33.3 Å². The minimum Gasteiger partial charge on any atom is -0.481 e. The van der Waals surface area contributed by atoms with Crippen LogP contribution in [0.3, 0.4) is 0 Å². The maximum atomic E-state index is 5.09. The highest BCUT2D eigenvalue weighted by Gasteiger charge is 1.99. The molecule has 0 spiro atoms. The van der Waals surface area contributed by atoms with Gasteiger partial charge in [0, 0.05) is 25.7 Å². The minimum absolute atomic E-state index is 0.674. The van der Waals surface area contributed by atoms with Crippen molar-refractivity contribution in [2.24, 2.45) is 0 Å². The van der Waals surface area contributed by atoms with Crippen LogP contribution < -0.4 is 10.1 Å². The van der Waals surface area contributed by atoms with E-state index in [1.165, 1.54) is 0 Å². The topological polar surface area (TPSA) is 37.4 Å². The standard InChI is InChI=1S/C13H23N3O/c1-4-16(5-2)10-9-14-11-12-7-6-8-13(15-12)17-3/h6-8,14H,4-5,9-11H2,1-3H3. The van der Waals surface area contributed by atoms with Gasteiger partial charge in [0.2, 0.25) is 5.88 Å². The van der Waals surface area contributed by atoms with Crippen molar-refractivity contribution in [1.29, 1.82) is 0 Å². The van der Waals surface area contributed by atoms with E-state index in [9.17, 15) is 0 Å². The predicted molar refractivity (Wildman–Crippen MR) is 70.3 cm³/mol. The Bertz CT molecular complexity index is 313. The van der Waals surface area contributed by atoms with Crippen LogP contribution in [0.4, 0.5) is 0 Å². The van der Waals surface area contributed by atoms with Gasteiger partial charge in [0.15, 0.2) is 0 Å². The average Bonchev–Trinajstić information content (AvgIpc) is 2.39. The monoisotopic (exact) mass is 237 g/mol. The molecule has 1 aromatic rings. The highest BCUT2D eigenvalue weighted by Crippen LogP contribution is 2.05. The van der Waals surface area contributed by atoms with Gasteiger partial charge in [0.1, 0.15) is 0 Å². The maximum absolute atomic E-state index is 5.09. The van der Waals surface area contributed by atoms with Crippen LogP contribution in [-0.4, -0.2) is 43.2 Å². The van der Waals surface area contributed by atoms with Crippen molar-refractivity contribution in [3.05, 3.63) is 23.9 Å². The number of pyridine rings is 1. The predicted octanol–water partition coefficient (Wildman–Crippen LogP) is 1.52. The van der Waals surface area contributed by atoms with Crippen LogP contribution in [0.25, 0.3) is 0 Å². The summed E-state index contributed by atoms with van der Waals surface area (Å²) in [6.07, 6.45) is 0. The Hall–Kier alpha value is -1.13. The molecule has 17 heavy (non-hydrogen) atoms. The summed E-state index contributed by atoms with van der Waals surface area (Å²) in [4.78, 5) is 6.74. The first-order valence-corrected chi connectivity index (χ1v) is 6.23. The molecule has 0 radical (unpaired) electrons. The van der Waals surface area contributed by atoms with E-state index in [2.05, 4.69) is 29.0 Å². The number of hydrogen-bond acceptors (Lipinski definition) is 4. The molecule has 0 bridgehead atoms. The molecule has 0 saturated heterocycles. The van der Waals surface area contributed by atoms with Crippen molar-refractivity contribution >= 4 is 0 Å². The quantitative estimate of drug-likeness (QED) is 0.696. The molecule has 1 aromatic heterocycles. The molecule has 0 aromatic carbocycles. The molecule has 4 nitrogen and oxygen atoms in total. The Morgan fingerprint density at radius 2 is 2.06 bits per heavy atom. The lowest BCUT2D eigenvalue weighted by molar-refractivity contribution is 0.302. The molecule has 0 aliphatic carbocycles. The number of hydrogen-bond donors (Lipinski definition) is 1. The zero-order valence-corrected chi connectivity index (χ0v) is 11.1. The molecule has 1 heterocycles. The fourth-order valence-corrected chi connectivity index (χ4v) is 1.66. The third kappa shape index (κ3) is 5.15. The van der Waals surface area contributed by atoms with Gasteiger partial charge in [-0.25, -0.2) is 4.98 Å². The summed E-state index contributed by atoms with van der Waals surface area (Å²) in [6.45, 7) is 9.45. The molecule has 0 fully saturated rings. The van der Waals surface area contributed by atoms with E-state index in [1.807, 2.05) is 18.2 Å². The van der Waals surface area contributed by atoms with Gasteiger partial charge in [-0.15, -0.1) is 0 Å². The van der Waals surface area contributed by atoms with Gasteiger partial charge < -0.3 is 15.0 Å². The van der Waals surface area contributed by atoms with Crippen LogP contribution in [-0.2, 0) is 6.54 Å². The largest absolute Gasteiger partial charge is 0.481 e. The first-order valence-electron chi connectivity index (χ1n) is 6.23. The highest BCUT2D eigenvalue weighted by molar-refractivity contribution is 5.15. The lowest BCUT2D eigenvalue weighted by atomic mass is 10.3. The molecule has 0 atom stereocenters. The second kappa shape index (κ2) is 8.03. The Labute approximate surface area is 104 Å². The summed E-state index contributed by atoms with van der Waals surface area (Å²) in [6, 6.07) is 5.83. The smallest absolute Gasteiger partial charge is 0.213 e. The number of likely N-dealkylation sites (N-methyl/N-ethyl adjacent to an activating group) is 1. The van der Waals surface area contributed by atoms with Crippen molar-refractivity contribution in [2.45, 2.75) is 20.4 Å². The van der Waals surface area contributed by atoms with Crippen LogP contribution >= 0.6 is 0 Å². The highest BCUT2D eigenvalue weighted by atomic mass is 16.5. The van der Waals surface area contributed by atoms with Gasteiger partial charge in [-0.1, -0.05) is 19.9 Å². The first kappa shape index (κ1) is 13.9. The SMILES string of the molecule is CCN(CC)CCNCc1cccc(OC)n1. The van der Waals surface area contributed by atoms with E-state index in [-0.39, 0.29) is 0 Å². The lowest BCUT2D eigenvalue weighted by Gasteiger charge is -2.17. The van der Waals surface area contributed by atoms with Gasteiger partial charge in [-0.3, -0.25) is 0 Å². The molecule has 0 amide bonds.